The van der Waals surface area contributed by atoms with Gasteiger partial charge in [-0.15, -0.1) is 0 Å². The number of carbonyl (C=O) groups excluding carboxylic acids is 1. The molecule has 2 aromatic rings. The average Bonchev–Trinajstić information content (AvgIpc) is 2.75. The number of nitrogens with zero attached hydrogens (tertiary/aromatic N) is 1. The average molecular weight is 228 g/mol. The summed E-state index contributed by atoms with van der Waals surface area (Å²) < 4.78 is 0. The highest BCUT2D eigenvalue weighted by atomic mass is 16.1. The smallest absolute Gasteiger partial charge is 0.170 e. The number of benzene rings is 1. The summed E-state index contributed by atoms with van der Waals surface area (Å²) >= 11 is 0. The molecule has 1 aromatic carbocycles. The lowest BCUT2D eigenvalue weighted by Gasteiger charge is -2.06. The number of aryl methyl sites for hydroxylation is 4. The maximum atomic E-state index is 10.7. The summed E-state index contributed by atoms with van der Waals surface area (Å²) in [5.74, 6) is 0. The molecule has 0 amide bonds. The van der Waals surface area contributed by atoms with Gasteiger partial charge in [0.15, 0.2) is 6.29 Å². The van der Waals surface area contributed by atoms with Crippen LogP contribution in [-0.2, 0) is 12.8 Å². The van der Waals surface area contributed by atoms with Gasteiger partial charge in [-0.05, 0) is 37.8 Å². The van der Waals surface area contributed by atoms with Crippen molar-refractivity contribution in [3.63, 3.8) is 0 Å². The van der Waals surface area contributed by atoms with E-state index in [4.69, 9.17) is 0 Å². The van der Waals surface area contributed by atoms with Crippen molar-refractivity contribution >= 4 is 6.29 Å². The largest absolute Gasteiger partial charge is 0.348 e. The number of aromatic amines is 1. The van der Waals surface area contributed by atoms with Crippen molar-refractivity contribution in [3.05, 3.63) is 52.6 Å². The van der Waals surface area contributed by atoms with Crippen molar-refractivity contribution in [2.45, 2.75) is 26.7 Å². The van der Waals surface area contributed by atoms with E-state index in [9.17, 15) is 4.79 Å². The molecule has 3 heteroatoms. The van der Waals surface area contributed by atoms with Gasteiger partial charge in [0.25, 0.3) is 0 Å². The lowest BCUT2D eigenvalue weighted by molar-refractivity contribution is 0.111. The van der Waals surface area contributed by atoms with Gasteiger partial charge in [-0.1, -0.05) is 23.8 Å². The molecule has 0 aliphatic rings. The lowest BCUT2D eigenvalue weighted by atomic mass is 10.0. The summed E-state index contributed by atoms with van der Waals surface area (Å²) in [6.07, 6.45) is 4.11. The molecule has 0 saturated heterocycles. The van der Waals surface area contributed by atoms with Crippen LogP contribution in [0.25, 0.3) is 0 Å². The Labute approximate surface area is 101 Å². The SMILES string of the molecule is Cc1ccc(CCc2[nH]cnc2C=O)c(C)c1. The predicted molar refractivity (Wildman–Crippen MR) is 67.3 cm³/mol. The van der Waals surface area contributed by atoms with Crippen molar-refractivity contribution in [1.82, 2.24) is 9.97 Å². The first-order valence-electron chi connectivity index (χ1n) is 5.74. The summed E-state index contributed by atoms with van der Waals surface area (Å²) in [6, 6.07) is 6.46. The van der Waals surface area contributed by atoms with Crippen molar-refractivity contribution in [3.8, 4) is 0 Å². The summed E-state index contributed by atoms with van der Waals surface area (Å²) in [4.78, 5) is 17.7. The maximum absolute atomic E-state index is 10.7. The van der Waals surface area contributed by atoms with E-state index in [1.54, 1.807) is 6.33 Å². The van der Waals surface area contributed by atoms with E-state index in [0.29, 0.717) is 5.69 Å². The van der Waals surface area contributed by atoms with Gasteiger partial charge in [0.2, 0.25) is 0 Å². The first-order valence-corrected chi connectivity index (χ1v) is 5.74. The van der Waals surface area contributed by atoms with Crippen LogP contribution in [0.1, 0.15) is 32.9 Å². The highest BCUT2D eigenvalue weighted by Gasteiger charge is 2.05. The predicted octanol–water partition coefficient (Wildman–Crippen LogP) is 2.62. The molecule has 0 bridgehead atoms. The third-order valence-electron chi connectivity index (χ3n) is 3.01. The number of aromatic nitrogens is 2. The van der Waals surface area contributed by atoms with Crippen molar-refractivity contribution in [2.75, 3.05) is 0 Å². The molecule has 88 valence electrons. The number of H-pyrrole nitrogens is 1. The van der Waals surface area contributed by atoms with E-state index in [1.165, 1.54) is 16.7 Å². The molecule has 0 radical (unpaired) electrons. The molecule has 0 aliphatic heterocycles. The van der Waals surface area contributed by atoms with Crippen LogP contribution in [0.2, 0.25) is 0 Å². The number of rotatable bonds is 4. The number of nitrogens with one attached hydrogen (secondary N) is 1. The molecular weight excluding hydrogens is 212 g/mol. The topological polar surface area (TPSA) is 45.8 Å². The molecule has 0 unspecified atom stereocenters. The Morgan fingerprint density at radius 1 is 1.29 bits per heavy atom. The van der Waals surface area contributed by atoms with Crippen LogP contribution in [0.15, 0.2) is 24.5 Å². The zero-order valence-electron chi connectivity index (χ0n) is 10.2. The second-order valence-corrected chi connectivity index (χ2v) is 4.31. The molecule has 0 fully saturated rings. The normalized spacial score (nSPS) is 10.5. The van der Waals surface area contributed by atoms with Gasteiger partial charge < -0.3 is 4.98 Å². The second kappa shape index (κ2) is 4.95. The molecule has 1 aromatic heterocycles. The Balaban J connectivity index is 2.10. The molecule has 0 saturated carbocycles. The van der Waals surface area contributed by atoms with Crippen molar-refractivity contribution < 1.29 is 4.79 Å². The fourth-order valence-corrected chi connectivity index (χ4v) is 2.02. The Kier molecular flexibility index (Phi) is 3.38. The number of hydrogen-bond donors (Lipinski definition) is 1. The summed E-state index contributed by atoms with van der Waals surface area (Å²) in [7, 11) is 0. The molecule has 0 atom stereocenters. The van der Waals surface area contributed by atoms with Crippen LogP contribution < -0.4 is 0 Å². The monoisotopic (exact) mass is 228 g/mol. The van der Waals surface area contributed by atoms with Gasteiger partial charge in [0.1, 0.15) is 5.69 Å². The summed E-state index contributed by atoms with van der Waals surface area (Å²) in [6.45, 7) is 4.21. The highest BCUT2D eigenvalue weighted by Crippen LogP contribution is 2.13. The number of hydrogen-bond acceptors (Lipinski definition) is 2. The number of aldehydes is 1. The fourth-order valence-electron chi connectivity index (χ4n) is 2.02. The van der Waals surface area contributed by atoms with Crippen LogP contribution >= 0.6 is 0 Å². The maximum Gasteiger partial charge on any atom is 0.170 e. The minimum atomic E-state index is 0.523. The van der Waals surface area contributed by atoms with Gasteiger partial charge in [-0.2, -0.15) is 0 Å². The van der Waals surface area contributed by atoms with Crippen molar-refractivity contribution in [2.24, 2.45) is 0 Å². The second-order valence-electron chi connectivity index (χ2n) is 4.31. The van der Waals surface area contributed by atoms with Gasteiger partial charge in [-0.25, -0.2) is 4.98 Å². The number of carbonyl (C=O) groups is 1. The van der Waals surface area contributed by atoms with Crippen LogP contribution in [0.3, 0.4) is 0 Å². The Hall–Kier alpha value is -1.90. The quantitative estimate of drug-likeness (QED) is 0.818. The van der Waals surface area contributed by atoms with Crippen LogP contribution in [0, 0.1) is 13.8 Å². The molecule has 17 heavy (non-hydrogen) atoms. The van der Waals surface area contributed by atoms with E-state index in [2.05, 4.69) is 42.0 Å². The summed E-state index contributed by atoms with van der Waals surface area (Å²) in [5, 5.41) is 0. The molecule has 2 rings (SSSR count). The molecule has 0 aliphatic carbocycles. The highest BCUT2D eigenvalue weighted by molar-refractivity contribution is 5.73. The zero-order chi connectivity index (χ0) is 12.3. The fraction of sp³-hybridized carbons (Fsp3) is 0.286. The van der Waals surface area contributed by atoms with Crippen LogP contribution in [-0.4, -0.2) is 16.3 Å². The van der Waals surface area contributed by atoms with E-state index >= 15 is 0 Å². The Morgan fingerprint density at radius 2 is 2.12 bits per heavy atom. The number of imidazole rings is 1. The van der Waals surface area contributed by atoms with E-state index in [0.717, 1.165) is 24.8 Å². The van der Waals surface area contributed by atoms with Crippen LogP contribution in [0.4, 0.5) is 0 Å². The minimum absolute atomic E-state index is 0.523. The minimum Gasteiger partial charge on any atom is -0.348 e. The van der Waals surface area contributed by atoms with E-state index in [1.807, 2.05) is 0 Å². The molecule has 1 heterocycles. The van der Waals surface area contributed by atoms with Gasteiger partial charge >= 0.3 is 0 Å². The van der Waals surface area contributed by atoms with E-state index in [-0.39, 0.29) is 0 Å². The Bertz CT molecular complexity index is 529. The third kappa shape index (κ3) is 2.61. The first-order chi connectivity index (χ1) is 8.20. The summed E-state index contributed by atoms with van der Waals surface area (Å²) in [5.41, 5.74) is 5.34. The van der Waals surface area contributed by atoms with Crippen molar-refractivity contribution in [1.29, 1.82) is 0 Å². The lowest BCUT2D eigenvalue weighted by Crippen LogP contribution is -1.98. The zero-order valence-corrected chi connectivity index (χ0v) is 10.2. The first kappa shape index (κ1) is 11.6. The van der Waals surface area contributed by atoms with Gasteiger partial charge in [-0.3, -0.25) is 4.79 Å². The van der Waals surface area contributed by atoms with E-state index < -0.39 is 0 Å². The standard InChI is InChI=1S/C14H16N2O/c1-10-3-4-12(11(2)7-10)5-6-13-14(8-17)16-9-15-13/h3-4,7-9H,5-6H2,1-2H3,(H,15,16). The van der Waals surface area contributed by atoms with Crippen LogP contribution in [0.5, 0.6) is 0 Å². The molecule has 3 nitrogen and oxygen atoms in total. The Morgan fingerprint density at radius 3 is 2.82 bits per heavy atom. The third-order valence-corrected chi connectivity index (χ3v) is 3.01. The van der Waals surface area contributed by atoms with Gasteiger partial charge in [0.05, 0.1) is 6.33 Å². The molecule has 1 N–H and O–H groups in total. The molecular formula is C14H16N2O. The molecule has 0 spiro atoms. The van der Waals surface area contributed by atoms with Gasteiger partial charge in [0, 0.05) is 5.69 Å².